The Morgan fingerprint density at radius 2 is 2.05 bits per heavy atom. The molecule has 2 rings (SSSR count). The number of rotatable bonds is 6. The van der Waals surface area contributed by atoms with Crippen molar-refractivity contribution in [2.24, 2.45) is 5.92 Å². The zero-order valence-electron chi connectivity index (χ0n) is 12.6. The third-order valence-electron chi connectivity index (χ3n) is 3.53. The highest BCUT2D eigenvalue weighted by Crippen LogP contribution is 2.27. The highest BCUT2D eigenvalue weighted by molar-refractivity contribution is 5.97. The van der Waals surface area contributed by atoms with E-state index in [4.69, 9.17) is 4.74 Å². The quantitative estimate of drug-likeness (QED) is 0.784. The zero-order valence-corrected chi connectivity index (χ0v) is 12.6. The minimum atomic E-state index is -0.416. The van der Waals surface area contributed by atoms with Crippen molar-refractivity contribution in [1.82, 2.24) is 5.32 Å². The average molecular weight is 304 g/mol. The molecule has 6 nitrogen and oxygen atoms in total. The van der Waals surface area contributed by atoms with Crippen molar-refractivity contribution < 1.29 is 19.1 Å². The summed E-state index contributed by atoms with van der Waals surface area (Å²) in [6.07, 6.45) is 2.72. The predicted molar refractivity (Wildman–Crippen MR) is 81.4 cm³/mol. The van der Waals surface area contributed by atoms with E-state index in [1.54, 1.807) is 24.3 Å². The summed E-state index contributed by atoms with van der Waals surface area (Å²) in [5, 5.41) is 5.30. The third kappa shape index (κ3) is 4.31. The first-order valence-electron chi connectivity index (χ1n) is 7.45. The lowest BCUT2D eigenvalue weighted by atomic mass is 9.86. The van der Waals surface area contributed by atoms with Crippen LogP contribution in [0.25, 0.3) is 0 Å². The number of amides is 2. The average Bonchev–Trinajstić information content (AvgIpc) is 2.44. The van der Waals surface area contributed by atoms with Gasteiger partial charge in [0.1, 0.15) is 0 Å². The molecule has 22 heavy (non-hydrogen) atoms. The Bertz CT molecular complexity index is 567. The van der Waals surface area contributed by atoms with Crippen LogP contribution < -0.4 is 10.6 Å². The maximum atomic E-state index is 11.8. The Morgan fingerprint density at radius 3 is 2.68 bits per heavy atom. The SMILES string of the molecule is CCNC(=O)c1cccc(NC(=O)COC(=O)C2CCC2)c1. The van der Waals surface area contributed by atoms with Gasteiger partial charge in [0.15, 0.2) is 6.61 Å². The van der Waals surface area contributed by atoms with Gasteiger partial charge in [-0.3, -0.25) is 14.4 Å². The second kappa shape index (κ2) is 7.59. The first-order chi connectivity index (χ1) is 10.6. The molecule has 6 heteroatoms. The first-order valence-corrected chi connectivity index (χ1v) is 7.45. The maximum absolute atomic E-state index is 11.8. The van der Waals surface area contributed by atoms with Gasteiger partial charge in [0, 0.05) is 17.8 Å². The molecule has 1 aromatic rings. The monoisotopic (exact) mass is 304 g/mol. The molecule has 0 spiro atoms. The van der Waals surface area contributed by atoms with Gasteiger partial charge < -0.3 is 15.4 Å². The van der Waals surface area contributed by atoms with Crippen LogP contribution in [-0.4, -0.2) is 30.9 Å². The van der Waals surface area contributed by atoms with E-state index in [9.17, 15) is 14.4 Å². The van der Waals surface area contributed by atoms with Crippen LogP contribution in [0.3, 0.4) is 0 Å². The number of nitrogens with one attached hydrogen (secondary N) is 2. The van der Waals surface area contributed by atoms with Crippen molar-refractivity contribution in [3.63, 3.8) is 0 Å². The van der Waals surface area contributed by atoms with E-state index in [1.165, 1.54) is 0 Å². The first kappa shape index (κ1) is 16.0. The van der Waals surface area contributed by atoms with E-state index in [1.807, 2.05) is 6.92 Å². The fourth-order valence-electron chi connectivity index (χ4n) is 2.10. The molecule has 0 unspecified atom stereocenters. The number of ether oxygens (including phenoxy) is 1. The molecule has 0 aromatic heterocycles. The van der Waals surface area contributed by atoms with Crippen molar-refractivity contribution in [2.75, 3.05) is 18.5 Å². The molecule has 2 N–H and O–H groups in total. The number of hydrogen-bond acceptors (Lipinski definition) is 4. The lowest BCUT2D eigenvalue weighted by Crippen LogP contribution is -2.28. The molecule has 0 atom stereocenters. The minimum Gasteiger partial charge on any atom is -0.455 e. The summed E-state index contributed by atoms with van der Waals surface area (Å²) in [5.74, 6) is -0.970. The molecule has 1 aromatic carbocycles. The number of carbonyl (C=O) groups excluding carboxylic acids is 3. The van der Waals surface area contributed by atoms with Crippen LogP contribution in [0.5, 0.6) is 0 Å². The number of hydrogen-bond donors (Lipinski definition) is 2. The van der Waals surface area contributed by atoms with Crippen molar-refractivity contribution in [1.29, 1.82) is 0 Å². The normalized spacial score (nSPS) is 13.9. The van der Waals surface area contributed by atoms with Gasteiger partial charge in [-0.05, 0) is 38.0 Å². The molecule has 0 bridgehead atoms. The summed E-state index contributed by atoms with van der Waals surface area (Å²) in [5.41, 5.74) is 0.958. The fraction of sp³-hybridized carbons (Fsp3) is 0.438. The van der Waals surface area contributed by atoms with Crippen molar-refractivity contribution >= 4 is 23.5 Å². The Kier molecular flexibility index (Phi) is 5.52. The minimum absolute atomic E-state index is 0.0473. The van der Waals surface area contributed by atoms with Gasteiger partial charge in [-0.25, -0.2) is 0 Å². The Hall–Kier alpha value is -2.37. The zero-order chi connectivity index (χ0) is 15.9. The predicted octanol–water partition coefficient (Wildman–Crippen LogP) is 1.72. The molecular weight excluding hydrogens is 284 g/mol. The molecule has 1 aliphatic rings. The van der Waals surface area contributed by atoms with Crippen molar-refractivity contribution in [3.05, 3.63) is 29.8 Å². The van der Waals surface area contributed by atoms with Crippen LogP contribution in [-0.2, 0) is 14.3 Å². The molecular formula is C16H20N2O4. The van der Waals surface area contributed by atoms with Crippen molar-refractivity contribution in [2.45, 2.75) is 26.2 Å². The van der Waals surface area contributed by atoms with Gasteiger partial charge in [-0.15, -0.1) is 0 Å². The van der Waals surface area contributed by atoms with E-state index in [2.05, 4.69) is 10.6 Å². The fourth-order valence-corrected chi connectivity index (χ4v) is 2.10. The topological polar surface area (TPSA) is 84.5 Å². The largest absolute Gasteiger partial charge is 0.455 e. The molecule has 1 fully saturated rings. The molecule has 2 amide bonds. The molecule has 118 valence electrons. The molecule has 0 radical (unpaired) electrons. The summed E-state index contributed by atoms with van der Waals surface area (Å²) >= 11 is 0. The Balaban J connectivity index is 1.84. The lowest BCUT2D eigenvalue weighted by Gasteiger charge is -2.22. The van der Waals surface area contributed by atoms with Crippen LogP contribution in [0.4, 0.5) is 5.69 Å². The van der Waals surface area contributed by atoms with Gasteiger partial charge in [0.05, 0.1) is 5.92 Å². The molecule has 1 saturated carbocycles. The summed E-state index contributed by atoms with van der Waals surface area (Å²) in [7, 11) is 0. The highest BCUT2D eigenvalue weighted by atomic mass is 16.5. The molecule has 0 aliphatic heterocycles. The number of anilines is 1. The van der Waals surface area contributed by atoms with E-state index < -0.39 is 5.91 Å². The van der Waals surface area contributed by atoms with Gasteiger partial charge in [0.25, 0.3) is 11.8 Å². The van der Waals surface area contributed by atoms with Crippen molar-refractivity contribution in [3.8, 4) is 0 Å². The van der Waals surface area contributed by atoms with Crippen LogP contribution >= 0.6 is 0 Å². The molecule has 0 heterocycles. The summed E-state index contributed by atoms with van der Waals surface area (Å²) in [6.45, 7) is 2.06. The smallest absolute Gasteiger partial charge is 0.309 e. The van der Waals surface area contributed by atoms with E-state index in [0.29, 0.717) is 17.8 Å². The van der Waals surface area contributed by atoms with Crippen LogP contribution in [0.15, 0.2) is 24.3 Å². The van der Waals surface area contributed by atoms with Gasteiger partial charge >= 0.3 is 5.97 Å². The van der Waals surface area contributed by atoms with E-state index >= 15 is 0 Å². The van der Waals surface area contributed by atoms with Gasteiger partial charge in [0.2, 0.25) is 0 Å². The summed E-state index contributed by atoms with van der Waals surface area (Å²) in [4.78, 5) is 35.0. The second-order valence-corrected chi connectivity index (χ2v) is 5.22. The Morgan fingerprint density at radius 1 is 1.27 bits per heavy atom. The maximum Gasteiger partial charge on any atom is 0.309 e. The number of benzene rings is 1. The van der Waals surface area contributed by atoms with Gasteiger partial charge in [-0.2, -0.15) is 0 Å². The highest BCUT2D eigenvalue weighted by Gasteiger charge is 2.27. The lowest BCUT2D eigenvalue weighted by molar-refractivity contribution is -0.154. The summed E-state index contributed by atoms with van der Waals surface area (Å²) < 4.78 is 4.97. The van der Waals surface area contributed by atoms with E-state index in [0.717, 1.165) is 19.3 Å². The Labute approximate surface area is 129 Å². The standard InChI is InChI=1S/C16H20N2O4/c1-2-17-15(20)12-7-4-8-13(9-12)18-14(19)10-22-16(21)11-5-3-6-11/h4,7-9,11H,2-3,5-6,10H2,1H3,(H,17,20)(H,18,19). The van der Waals surface area contributed by atoms with Crippen LogP contribution in [0.1, 0.15) is 36.5 Å². The van der Waals surface area contributed by atoms with E-state index in [-0.39, 0.29) is 24.4 Å². The van der Waals surface area contributed by atoms with Crippen LogP contribution in [0, 0.1) is 5.92 Å². The second-order valence-electron chi connectivity index (χ2n) is 5.22. The third-order valence-corrected chi connectivity index (χ3v) is 3.53. The molecule has 1 aliphatic carbocycles. The molecule has 0 saturated heterocycles. The van der Waals surface area contributed by atoms with Gasteiger partial charge in [-0.1, -0.05) is 12.5 Å². The summed E-state index contributed by atoms with van der Waals surface area (Å²) in [6, 6.07) is 6.60. The van der Waals surface area contributed by atoms with Crippen LogP contribution in [0.2, 0.25) is 0 Å². The number of carbonyl (C=O) groups is 3. The number of esters is 1.